The molecule has 0 N–H and O–H groups in total. The second-order valence-corrected chi connectivity index (χ2v) is 4.26. The maximum absolute atomic E-state index is 13.3. The minimum Gasteiger partial charge on any atom is -0.493 e. The van der Waals surface area contributed by atoms with Crippen molar-refractivity contribution in [1.82, 2.24) is 0 Å². The van der Waals surface area contributed by atoms with Crippen LogP contribution in [0, 0.1) is 23.0 Å². The van der Waals surface area contributed by atoms with E-state index in [1.165, 1.54) is 6.07 Å². The molecule has 0 spiro atoms. The van der Waals surface area contributed by atoms with Crippen LogP contribution in [0.3, 0.4) is 0 Å². The number of ether oxygens (including phenoxy) is 2. The summed E-state index contributed by atoms with van der Waals surface area (Å²) in [5.41, 5.74) is 0.567. The summed E-state index contributed by atoms with van der Waals surface area (Å²) in [5.74, 6) is -0.677. The fourth-order valence-corrected chi connectivity index (χ4v) is 1.65. The van der Waals surface area contributed by atoms with Crippen LogP contribution in [0.5, 0.6) is 11.5 Å². The van der Waals surface area contributed by atoms with E-state index in [1.54, 1.807) is 24.3 Å². The number of hydrogen-bond donors (Lipinski definition) is 0. The van der Waals surface area contributed by atoms with Crippen LogP contribution in [0.1, 0.15) is 12.0 Å². The Morgan fingerprint density at radius 1 is 0.952 bits per heavy atom. The SMILES string of the molecule is N#Cc1ccc(OCCCOc2ccc(F)cc2F)cc1. The highest BCUT2D eigenvalue weighted by molar-refractivity contribution is 5.34. The van der Waals surface area contributed by atoms with Gasteiger partial charge in [-0.05, 0) is 36.4 Å². The third-order valence-electron chi connectivity index (χ3n) is 2.69. The van der Waals surface area contributed by atoms with Gasteiger partial charge in [0.2, 0.25) is 0 Å². The molecule has 0 bridgehead atoms. The lowest BCUT2D eigenvalue weighted by Gasteiger charge is -2.08. The Kier molecular flexibility index (Phi) is 5.10. The number of rotatable bonds is 6. The highest BCUT2D eigenvalue weighted by Crippen LogP contribution is 2.17. The molecule has 0 atom stereocenters. The van der Waals surface area contributed by atoms with Crippen LogP contribution in [-0.4, -0.2) is 13.2 Å². The zero-order chi connectivity index (χ0) is 15.1. The predicted molar refractivity (Wildman–Crippen MR) is 73.1 cm³/mol. The molecule has 2 rings (SSSR count). The summed E-state index contributed by atoms with van der Waals surface area (Å²) in [4.78, 5) is 0. The van der Waals surface area contributed by atoms with E-state index in [-0.39, 0.29) is 12.4 Å². The van der Waals surface area contributed by atoms with Crippen molar-refractivity contribution < 1.29 is 18.3 Å². The molecule has 0 saturated carbocycles. The summed E-state index contributed by atoms with van der Waals surface area (Å²) in [6.07, 6.45) is 0.552. The Labute approximate surface area is 121 Å². The van der Waals surface area contributed by atoms with Crippen molar-refractivity contribution in [3.63, 3.8) is 0 Å². The standard InChI is InChI=1S/C16H13F2NO2/c17-13-4-7-16(15(18)10-13)21-9-1-8-20-14-5-2-12(11-19)3-6-14/h2-7,10H,1,8-9H2. The lowest BCUT2D eigenvalue weighted by molar-refractivity contribution is 0.241. The molecule has 0 aliphatic heterocycles. The highest BCUT2D eigenvalue weighted by atomic mass is 19.1. The molecule has 3 nitrogen and oxygen atoms in total. The van der Waals surface area contributed by atoms with Crippen LogP contribution < -0.4 is 9.47 Å². The highest BCUT2D eigenvalue weighted by Gasteiger charge is 2.04. The molecule has 0 unspecified atom stereocenters. The smallest absolute Gasteiger partial charge is 0.167 e. The predicted octanol–water partition coefficient (Wildman–Crippen LogP) is 3.68. The first kappa shape index (κ1) is 14.8. The Morgan fingerprint density at radius 2 is 1.67 bits per heavy atom. The van der Waals surface area contributed by atoms with Crippen LogP contribution in [-0.2, 0) is 0 Å². The minimum absolute atomic E-state index is 0.0229. The summed E-state index contributed by atoms with van der Waals surface area (Å²) >= 11 is 0. The molecule has 0 saturated heterocycles. The summed E-state index contributed by atoms with van der Waals surface area (Å²) < 4.78 is 36.6. The molecule has 21 heavy (non-hydrogen) atoms. The van der Waals surface area contributed by atoms with E-state index in [0.29, 0.717) is 24.3 Å². The molecule has 0 aliphatic rings. The van der Waals surface area contributed by atoms with E-state index in [1.807, 2.05) is 6.07 Å². The van der Waals surface area contributed by atoms with Crippen molar-refractivity contribution in [2.24, 2.45) is 0 Å². The van der Waals surface area contributed by atoms with Crippen LogP contribution in [0.25, 0.3) is 0 Å². The van der Waals surface area contributed by atoms with E-state index in [2.05, 4.69) is 0 Å². The molecule has 108 valence electrons. The van der Waals surface area contributed by atoms with Crippen LogP contribution in [0.4, 0.5) is 8.78 Å². The molecule has 0 amide bonds. The average molecular weight is 289 g/mol. The molecule has 0 aromatic heterocycles. The van der Waals surface area contributed by atoms with Gasteiger partial charge in [0, 0.05) is 12.5 Å². The molecule has 0 fully saturated rings. The van der Waals surface area contributed by atoms with E-state index in [0.717, 1.165) is 12.1 Å². The molecule has 2 aromatic carbocycles. The van der Waals surface area contributed by atoms with Gasteiger partial charge in [-0.2, -0.15) is 5.26 Å². The van der Waals surface area contributed by atoms with Crippen molar-refractivity contribution >= 4 is 0 Å². The van der Waals surface area contributed by atoms with Crippen molar-refractivity contribution in [2.45, 2.75) is 6.42 Å². The van der Waals surface area contributed by atoms with E-state index in [4.69, 9.17) is 14.7 Å². The molecule has 0 aliphatic carbocycles. The van der Waals surface area contributed by atoms with Gasteiger partial charge in [-0.3, -0.25) is 0 Å². The van der Waals surface area contributed by atoms with E-state index >= 15 is 0 Å². The molecule has 5 heteroatoms. The Bertz CT molecular complexity index is 636. The van der Waals surface area contributed by atoms with Gasteiger partial charge < -0.3 is 9.47 Å². The molecule has 0 radical (unpaired) electrons. The van der Waals surface area contributed by atoms with Gasteiger partial charge in [0.05, 0.1) is 24.8 Å². The quantitative estimate of drug-likeness (QED) is 0.762. The van der Waals surface area contributed by atoms with Gasteiger partial charge in [0.25, 0.3) is 0 Å². The maximum Gasteiger partial charge on any atom is 0.167 e. The minimum atomic E-state index is -0.719. The number of nitrogens with zero attached hydrogens (tertiary/aromatic N) is 1. The number of halogens is 2. The average Bonchev–Trinajstić information content (AvgIpc) is 2.49. The summed E-state index contributed by atoms with van der Waals surface area (Å²) in [7, 11) is 0. The second-order valence-electron chi connectivity index (χ2n) is 4.26. The first-order chi connectivity index (χ1) is 10.2. The third kappa shape index (κ3) is 4.46. The fourth-order valence-electron chi connectivity index (χ4n) is 1.65. The molecular formula is C16H13F2NO2. The van der Waals surface area contributed by atoms with E-state index in [9.17, 15) is 8.78 Å². The summed E-state index contributed by atoms with van der Waals surface area (Å²) in [6, 6.07) is 11.9. The normalized spacial score (nSPS) is 9.95. The Morgan fingerprint density at radius 3 is 2.33 bits per heavy atom. The topological polar surface area (TPSA) is 42.2 Å². The van der Waals surface area contributed by atoms with Crippen molar-refractivity contribution in [1.29, 1.82) is 5.26 Å². The first-order valence-corrected chi connectivity index (χ1v) is 6.40. The fraction of sp³-hybridized carbons (Fsp3) is 0.188. The van der Waals surface area contributed by atoms with Gasteiger partial charge in [-0.15, -0.1) is 0 Å². The number of nitriles is 1. The number of hydrogen-bond acceptors (Lipinski definition) is 3. The monoisotopic (exact) mass is 289 g/mol. The zero-order valence-electron chi connectivity index (χ0n) is 11.2. The van der Waals surface area contributed by atoms with Gasteiger partial charge in [0.15, 0.2) is 11.6 Å². The van der Waals surface area contributed by atoms with Crippen molar-refractivity contribution in [2.75, 3.05) is 13.2 Å². The lowest BCUT2D eigenvalue weighted by atomic mass is 10.2. The summed E-state index contributed by atoms with van der Waals surface area (Å²) in [6.45, 7) is 0.660. The maximum atomic E-state index is 13.3. The largest absolute Gasteiger partial charge is 0.493 e. The van der Waals surface area contributed by atoms with Gasteiger partial charge >= 0.3 is 0 Å². The number of benzene rings is 2. The van der Waals surface area contributed by atoms with Crippen molar-refractivity contribution in [3.8, 4) is 17.6 Å². The van der Waals surface area contributed by atoms with Gasteiger partial charge in [-0.25, -0.2) is 8.78 Å². The van der Waals surface area contributed by atoms with Crippen LogP contribution in [0.2, 0.25) is 0 Å². The third-order valence-corrected chi connectivity index (χ3v) is 2.69. The van der Waals surface area contributed by atoms with Gasteiger partial charge in [0.1, 0.15) is 11.6 Å². The van der Waals surface area contributed by atoms with Gasteiger partial charge in [-0.1, -0.05) is 0 Å². The Balaban J connectivity index is 1.71. The lowest BCUT2D eigenvalue weighted by Crippen LogP contribution is -2.05. The van der Waals surface area contributed by atoms with Crippen LogP contribution in [0.15, 0.2) is 42.5 Å². The molecular weight excluding hydrogens is 276 g/mol. The Hall–Kier alpha value is -2.61. The van der Waals surface area contributed by atoms with Crippen molar-refractivity contribution in [3.05, 3.63) is 59.7 Å². The molecule has 0 heterocycles. The van der Waals surface area contributed by atoms with E-state index < -0.39 is 11.6 Å². The first-order valence-electron chi connectivity index (χ1n) is 6.40. The van der Waals surface area contributed by atoms with Crippen LogP contribution >= 0.6 is 0 Å². The zero-order valence-corrected chi connectivity index (χ0v) is 11.2. The molecule has 2 aromatic rings. The summed E-state index contributed by atoms with van der Waals surface area (Å²) in [5, 5.41) is 8.66. The second kappa shape index (κ2) is 7.25.